The Balaban J connectivity index is 2.59. The molecule has 0 aliphatic heterocycles. The van der Waals surface area contributed by atoms with Crippen LogP contribution >= 0.6 is 15.9 Å². The Kier molecular flexibility index (Phi) is 2.65. The van der Waals surface area contributed by atoms with E-state index in [1.807, 2.05) is 32.0 Å². The zero-order valence-corrected chi connectivity index (χ0v) is 10.3. The number of carbonyl (C=O) groups is 1. The number of hydrogen-bond donors (Lipinski definition) is 1. The van der Waals surface area contributed by atoms with E-state index in [0.29, 0.717) is 0 Å². The smallest absolute Gasteiger partial charge is 0.178 e. The number of aromatic amines is 1. The molecule has 2 nitrogen and oxygen atoms in total. The maximum Gasteiger partial charge on any atom is 0.178 e. The number of nitrogens with one attached hydrogen (secondary N) is 1. The van der Waals surface area contributed by atoms with Crippen molar-refractivity contribution in [1.82, 2.24) is 4.98 Å². The van der Waals surface area contributed by atoms with E-state index in [9.17, 15) is 4.79 Å². The first-order valence-electron chi connectivity index (χ1n) is 4.85. The monoisotopic (exact) mass is 265 g/mol. The lowest BCUT2D eigenvalue weighted by molar-refractivity contribution is 0.0997. The molecule has 2 aromatic rings. The molecule has 0 fully saturated rings. The first-order chi connectivity index (χ1) is 7.09. The number of hydrogen-bond acceptors (Lipinski definition) is 1. The molecular formula is C12H12BrNO. The molecule has 0 spiro atoms. The summed E-state index contributed by atoms with van der Waals surface area (Å²) in [7, 11) is 0. The van der Waals surface area contributed by atoms with Crippen molar-refractivity contribution in [2.75, 3.05) is 0 Å². The molecule has 0 aliphatic carbocycles. The van der Waals surface area contributed by atoms with Gasteiger partial charge in [0.25, 0.3) is 0 Å². The van der Waals surface area contributed by atoms with Gasteiger partial charge in [-0.1, -0.05) is 28.1 Å². The number of aromatic nitrogens is 1. The average molecular weight is 266 g/mol. The number of halogens is 1. The number of rotatable bonds is 2. The first kappa shape index (κ1) is 10.4. The van der Waals surface area contributed by atoms with Gasteiger partial charge in [-0.05, 0) is 25.5 Å². The SMILES string of the molecule is Cc1ccc2c(C(=O)[C@H](C)Br)c[nH]c2c1. The highest BCUT2D eigenvalue weighted by Crippen LogP contribution is 2.22. The second-order valence-corrected chi connectivity index (χ2v) is 5.11. The molecule has 0 aliphatic rings. The van der Waals surface area contributed by atoms with Crippen LogP contribution in [-0.2, 0) is 0 Å². The molecule has 0 saturated carbocycles. The molecule has 1 N–H and O–H groups in total. The van der Waals surface area contributed by atoms with Crippen LogP contribution in [0, 0.1) is 6.92 Å². The molecule has 1 aromatic heterocycles. The highest BCUT2D eigenvalue weighted by molar-refractivity contribution is 9.10. The van der Waals surface area contributed by atoms with Crippen LogP contribution < -0.4 is 0 Å². The van der Waals surface area contributed by atoms with Gasteiger partial charge in [0.15, 0.2) is 5.78 Å². The summed E-state index contributed by atoms with van der Waals surface area (Å²) in [6.45, 7) is 3.88. The molecule has 0 unspecified atom stereocenters. The van der Waals surface area contributed by atoms with Crippen LogP contribution in [0.1, 0.15) is 22.8 Å². The minimum atomic E-state index is -0.141. The molecule has 0 bridgehead atoms. The molecule has 3 heteroatoms. The summed E-state index contributed by atoms with van der Waals surface area (Å²) in [5, 5.41) is 0.997. The fraction of sp³-hybridized carbons (Fsp3) is 0.250. The highest BCUT2D eigenvalue weighted by atomic mass is 79.9. The molecule has 15 heavy (non-hydrogen) atoms. The summed E-state index contributed by atoms with van der Waals surface area (Å²) < 4.78 is 0. The number of carbonyl (C=O) groups excluding carboxylic acids is 1. The number of H-pyrrole nitrogens is 1. The quantitative estimate of drug-likeness (QED) is 0.655. The normalized spacial score (nSPS) is 13.0. The zero-order valence-electron chi connectivity index (χ0n) is 8.67. The van der Waals surface area contributed by atoms with Gasteiger partial charge in [0.05, 0.1) is 4.83 Å². The van der Waals surface area contributed by atoms with Crippen LogP contribution in [0.5, 0.6) is 0 Å². The third kappa shape index (κ3) is 1.84. The number of ketones is 1. The fourth-order valence-corrected chi connectivity index (χ4v) is 1.90. The van der Waals surface area contributed by atoms with Crippen LogP contribution in [0.25, 0.3) is 10.9 Å². The summed E-state index contributed by atoms with van der Waals surface area (Å²) >= 11 is 3.30. The van der Waals surface area contributed by atoms with Gasteiger partial charge in [0.1, 0.15) is 0 Å². The fourth-order valence-electron chi connectivity index (χ4n) is 1.66. The van der Waals surface area contributed by atoms with Gasteiger partial charge in [0, 0.05) is 22.7 Å². The molecule has 1 atom stereocenters. The van der Waals surface area contributed by atoms with Gasteiger partial charge >= 0.3 is 0 Å². The van der Waals surface area contributed by atoms with E-state index in [1.54, 1.807) is 6.20 Å². The van der Waals surface area contributed by atoms with E-state index >= 15 is 0 Å². The van der Waals surface area contributed by atoms with Gasteiger partial charge in [-0.3, -0.25) is 4.79 Å². The molecule has 0 radical (unpaired) electrons. The van der Waals surface area contributed by atoms with Crippen LogP contribution in [0.3, 0.4) is 0 Å². The van der Waals surface area contributed by atoms with Gasteiger partial charge < -0.3 is 4.98 Å². The van der Waals surface area contributed by atoms with Crippen molar-refractivity contribution < 1.29 is 4.79 Å². The van der Waals surface area contributed by atoms with E-state index in [1.165, 1.54) is 5.56 Å². The Bertz CT molecular complexity index is 513. The van der Waals surface area contributed by atoms with Crippen LogP contribution in [0.2, 0.25) is 0 Å². The lowest BCUT2D eigenvalue weighted by Crippen LogP contribution is -2.08. The van der Waals surface area contributed by atoms with Gasteiger partial charge in [-0.15, -0.1) is 0 Å². The minimum Gasteiger partial charge on any atom is -0.360 e. The van der Waals surface area contributed by atoms with E-state index in [4.69, 9.17) is 0 Å². The van der Waals surface area contributed by atoms with E-state index in [2.05, 4.69) is 20.9 Å². The lowest BCUT2D eigenvalue weighted by Gasteiger charge is -2.00. The standard InChI is InChI=1S/C12H12BrNO/c1-7-3-4-9-10(12(15)8(2)13)6-14-11(9)5-7/h3-6,8,14H,1-2H3/t8-/m0/s1. The number of alkyl halides is 1. The van der Waals surface area contributed by atoms with Crippen molar-refractivity contribution in [2.45, 2.75) is 18.7 Å². The lowest BCUT2D eigenvalue weighted by atomic mass is 10.1. The summed E-state index contributed by atoms with van der Waals surface area (Å²) in [5.41, 5.74) is 2.97. The zero-order chi connectivity index (χ0) is 11.0. The van der Waals surface area contributed by atoms with Crippen molar-refractivity contribution in [2.24, 2.45) is 0 Å². The second-order valence-electron chi connectivity index (χ2n) is 3.73. The minimum absolute atomic E-state index is 0.116. The molecule has 78 valence electrons. The van der Waals surface area contributed by atoms with Gasteiger partial charge in [-0.2, -0.15) is 0 Å². The predicted molar refractivity (Wildman–Crippen MR) is 65.8 cm³/mol. The molecule has 0 amide bonds. The number of Topliss-reactive ketones (excluding diaryl/α,β-unsaturated/α-hetero) is 1. The largest absolute Gasteiger partial charge is 0.360 e. The first-order valence-corrected chi connectivity index (χ1v) is 5.77. The molecule has 0 saturated heterocycles. The van der Waals surface area contributed by atoms with Crippen molar-refractivity contribution in [1.29, 1.82) is 0 Å². The summed E-state index contributed by atoms with van der Waals surface area (Å²) in [5.74, 6) is 0.116. The maximum atomic E-state index is 11.8. The second kappa shape index (κ2) is 3.81. The molecule has 1 aromatic carbocycles. The Labute approximate surface area is 96.8 Å². The number of benzene rings is 1. The Morgan fingerprint density at radius 3 is 2.87 bits per heavy atom. The van der Waals surface area contributed by atoms with Crippen molar-refractivity contribution in [3.8, 4) is 0 Å². The Morgan fingerprint density at radius 2 is 2.20 bits per heavy atom. The molecule has 1 heterocycles. The third-order valence-corrected chi connectivity index (χ3v) is 2.88. The highest BCUT2D eigenvalue weighted by Gasteiger charge is 2.15. The summed E-state index contributed by atoms with van der Waals surface area (Å²) in [4.78, 5) is 14.8. The maximum absolute atomic E-state index is 11.8. The third-order valence-electron chi connectivity index (χ3n) is 2.46. The van der Waals surface area contributed by atoms with Crippen LogP contribution in [0.4, 0.5) is 0 Å². The summed E-state index contributed by atoms with van der Waals surface area (Å²) in [6, 6.07) is 6.06. The van der Waals surface area contributed by atoms with Crippen molar-refractivity contribution >= 4 is 32.6 Å². The average Bonchev–Trinajstić information content (AvgIpc) is 2.59. The number of fused-ring (bicyclic) bond motifs is 1. The predicted octanol–water partition coefficient (Wildman–Crippen LogP) is 3.44. The topological polar surface area (TPSA) is 32.9 Å². The number of aryl methyl sites for hydroxylation is 1. The van der Waals surface area contributed by atoms with Crippen LogP contribution in [0.15, 0.2) is 24.4 Å². The van der Waals surface area contributed by atoms with E-state index < -0.39 is 0 Å². The van der Waals surface area contributed by atoms with Crippen molar-refractivity contribution in [3.63, 3.8) is 0 Å². The summed E-state index contributed by atoms with van der Waals surface area (Å²) in [6.07, 6.45) is 1.78. The van der Waals surface area contributed by atoms with Gasteiger partial charge in [-0.25, -0.2) is 0 Å². The Hall–Kier alpha value is -1.09. The van der Waals surface area contributed by atoms with E-state index in [0.717, 1.165) is 16.5 Å². The Morgan fingerprint density at radius 1 is 1.47 bits per heavy atom. The van der Waals surface area contributed by atoms with Gasteiger partial charge in [0.2, 0.25) is 0 Å². The van der Waals surface area contributed by atoms with E-state index in [-0.39, 0.29) is 10.6 Å². The molecular weight excluding hydrogens is 254 g/mol. The molecule has 2 rings (SSSR count). The van der Waals surface area contributed by atoms with Crippen LogP contribution in [-0.4, -0.2) is 15.6 Å². The van der Waals surface area contributed by atoms with Crippen molar-refractivity contribution in [3.05, 3.63) is 35.5 Å².